The van der Waals surface area contributed by atoms with Gasteiger partial charge in [0.25, 0.3) is 0 Å². The number of carbonyl (C=O) groups excluding carboxylic acids is 1. The minimum Gasteiger partial charge on any atom is -0.461 e. The van der Waals surface area contributed by atoms with E-state index in [1.807, 2.05) is 0 Å². The highest BCUT2D eigenvalue weighted by atomic mass is 35.5. The Morgan fingerprint density at radius 1 is 1.30 bits per heavy atom. The number of nitrogens with one attached hydrogen (secondary N) is 2. The fourth-order valence-electron chi connectivity index (χ4n) is 1.63. The summed E-state index contributed by atoms with van der Waals surface area (Å²) in [5.74, 6) is -2.02. The molecule has 0 bridgehead atoms. The quantitative estimate of drug-likeness (QED) is 0.503. The van der Waals surface area contributed by atoms with Gasteiger partial charge in [-0.25, -0.2) is 0 Å². The number of ether oxygens (including phenoxy) is 1. The highest BCUT2D eigenvalue weighted by Gasteiger charge is 2.37. The van der Waals surface area contributed by atoms with Gasteiger partial charge in [0.15, 0.2) is 5.16 Å². The van der Waals surface area contributed by atoms with E-state index in [1.165, 1.54) is 0 Å². The lowest BCUT2D eigenvalue weighted by molar-refractivity contribution is -0.147. The predicted octanol–water partition coefficient (Wildman–Crippen LogP) is 1.69. The molecule has 2 aromatic rings. The third-order valence-electron chi connectivity index (χ3n) is 2.66. The monoisotopic (exact) mass is 426 g/mol. The van der Waals surface area contributed by atoms with Crippen molar-refractivity contribution in [3.63, 3.8) is 0 Å². The topological polar surface area (TPSA) is 120 Å². The van der Waals surface area contributed by atoms with Gasteiger partial charge in [0.05, 0.1) is 11.9 Å². The molecule has 2 aromatic heterocycles. The summed E-state index contributed by atoms with van der Waals surface area (Å²) in [7, 11) is 1.16. The molecule has 0 aromatic carbocycles. The third-order valence-corrected chi connectivity index (χ3v) is 3.85. The molecular weight excluding hydrogens is 413 g/mol. The average molecular weight is 427 g/mol. The Hall–Kier alpha value is -2.35. The van der Waals surface area contributed by atoms with Gasteiger partial charge in [-0.05, 0) is 25.4 Å². The summed E-state index contributed by atoms with van der Waals surface area (Å²) in [6.07, 6.45) is -4.83. The number of hydrazine groups is 1. The molecule has 27 heavy (non-hydrogen) atoms. The van der Waals surface area contributed by atoms with Crippen LogP contribution in [0.2, 0.25) is 5.28 Å². The molecule has 0 aliphatic heterocycles. The van der Waals surface area contributed by atoms with Gasteiger partial charge >= 0.3 is 12.2 Å². The molecule has 2 heterocycles. The summed E-state index contributed by atoms with van der Waals surface area (Å²) in [5, 5.41) is 6.27. The average Bonchev–Trinajstić information content (AvgIpc) is 2.90. The molecule has 0 saturated heterocycles. The molecule has 2 rings (SSSR count). The van der Waals surface area contributed by atoms with Crippen LogP contribution in [0.15, 0.2) is 5.16 Å². The van der Waals surface area contributed by atoms with Crippen molar-refractivity contribution in [2.75, 3.05) is 11.2 Å². The molecule has 0 aliphatic carbocycles. The lowest BCUT2D eigenvalue weighted by Gasteiger charge is -2.10. The Kier molecular flexibility index (Phi) is 6.64. The summed E-state index contributed by atoms with van der Waals surface area (Å²) in [4.78, 5) is 23.3. The number of aromatic nitrogens is 6. The van der Waals surface area contributed by atoms with Crippen molar-refractivity contribution in [2.24, 2.45) is 7.05 Å². The largest absolute Gasteiger partial charge is 0.461 e. The molecule has 0 spiro atoms. The molecule has 15 heteroatoms. The van der Waals surface area contributed by atoms with Crippen LogP contribution in [0.4, 0.5) is 19.1 Å². The van der Waals surface area contributed by atoms with E-state index in [4.69, 9.17) is 16.3 Å². The second-order valence-electron chi connectivity index (χ2n) is 5.20. The molecule has 0 fully saturated rings. The molecule has 1 amide bonds. The van der Waals surface area contributed by atoms with Crippen LogP contribution < -0.4 is 15.6 Å². The Morgan fingerprint density at radius 2 is 2.00 bits per heavy atom. The molecule has 10 nitrogen and oxygen atoms in total. The molecule has 2 N–H and O–H groups in total. The normalized spacial score (nSPS) is 11.6. The summed E-state index contributed by atoms with van der Waals surface area (Å²) in [6.45, 7) is 3.53. The van der Waals surface area contributed by atoms with E-state index in [1.54, 1.807) is 13.8 Å². The van der Waals surface area contributed by atoms with Gasteiger partial charge in [0.2, 0.25) is 23.0 Å². The molecule has 0 radical (unpaired) electrons. The zero-order chi connectivity index (χ0) is 20.2. The maximum Gasteiger partial charge on any atom is 0.451 e. The number of carbonyl (C=O) groups is 1. The van der Waals surface area contributed by atoms with Crippen LogP contribution in [-0.2, 0) is 18.0 Å². The predicted molar refractivity (Wildman–Crippen MR) is 89.1 cm³/mol. The zero-order valence-electron chi connectivity index (χ0n) is 14.2. The van der Waals surface area contributed by atoms with Gasteiger partial charge < -0.3 is 9.30 Å². The van der Waals surface area contributed by atoms with Gasteiger partial charge in [-0.3, -0.25) is 15.6 Å². The lowest BCUT2D eigenvalue weighted by atomic mass is 10.5. The first kappa shape index (κ1) is 21.0. The van der Waals surface area contributed by atoms with E-state index < -0.39 is 17.9 Å². The summed E-state index contributed by atoms with van der Waals surface area (Å²) < 4.78 is 44.0. The molecular formula is C12H14ClF3N8O2S. The van der Waals surface area contributed by atoms with Crippen molar-refractivity contribution in [2.45, 2.75) is 31.3 Å². The number of hydrogen-bond donors (Lipinski definition) is 2. The smallest absolute Gasteiger partial charge is 0.451 e. The summed E-state index contributed by atoms with van der Waals surface area (Å²) in [5.41, 5.74) is 4.69. The van der Waals surface area contributed by atoms with Gasteiger partial charge in [-0.15, -0.1) is 10.2 Å². The van der Waals surface area contributed by atoms with Gasteiger partial charge in [0.1, 0.15) is 0 Å². The van der Waals surface area contributed by atoms with Crippen LogP contribution in [0.25, 0.3) is 0 Å². The standard InChI is InChI=1S/C12H14ClF3N8O2S/c1-5(2)26-10-18-8(13)17-9(19-10)22-20-6(25)4-27-11-23-21-7(24(11)3)12(14,15)16/h5H,4H2,1-3H3,(H,20,25)(H,17,18,19,22). The first-order valence-corrected chi connectivity index (χ1v) is 8.65. The number of halogens is 4. The Balaban J connectivity index is 1.90. The molecule has 0 atom stereocenters. The number of thioether (sulfide) groups is 1. The number of rotatable bonds is 7. The highest BCUT2D eigenvalue weighted by Crippen LogP contribution is 2.29. The minimum absolute atomic E-state index is 0.0325. The van der Waals surface area contributed by atoms with E-state index in [0.29, 0.717) is 0 Å². The van der Waals surface area contributed by atoms with Gasteiger partial charge in [0, 0.05) is 7.05 Å². The Morgan fingerprint density at radius 3 is 2.59 bits per heavy atom. The second-order valence-corrected chi connectivity index (χ2v) is 6.48. The maximum absolute atomic E-state index is 12.7. The van der Waals surface area contributed by atoms with Crippen molar-refractivity contribution >= 4 is 35.2 Å². The minimum atomic E-state index is -4.63. The van der Waals surface area contributed by atoms with E-state index in [2.05, 4.69) is 36.0 Å². The van der Waals surface area contributed by atoms with E-state index >= 15 is 0 Å². The first-order chi connectivity index (χ1) is 12.6. The SMILES string of the molecule is CC(C)Oc1nc(Cl)nc(NNC(=O)CSc2nnc(C(F)(F)F)n2C)n1. The molecule has 148 valence electrons. The molecule has 0 unspecified atom stereocenters. The van der Waals surface area contributed by atoms with Crippen molar-refractivity contribution in [1.82, 2.24) is 35.1 Å². The van der Waals surface area contributed by atoms with Crippen LogP contribution in [0.5, 0.6) is 6.01 Å². The van der Waals surface area contributed by atoms with Crippen LogP contribution in [0, 0.1) is 0 Å². The summed E-state index contributed by atoms with van der Waals surface area (Å²) >= 11 is 6.51. The molecule has 0 saturated carbocycles. The third kappa shape index (κ3) is 6.09. The van der Waals surface area contributed by atoms with Crippen molar-refractivity contribution in [3.8, 4) is 6.01 Å². The fraction of sp³-hybridized carbons (Fsp3) is 0.500. The highest BCUT2D eigenvalue weighted by molar-refractivity contribution is 7.99. The number of nitrogens with zero attached hydrogens (tertiary/aromatic N) is 6. The zero-order valence-corrected chi connectivity index (χ0v) is 15.8. The first-order valence-electron chi connectivity index (χ1n) is 7.28. The van der Waals surface area contributed by atoms with Crippen LogP contribution >= 0.6 is 23.4 Å². The van der Waals surface area contributed by atoms with Crippen LogP contribution in [0.3, 0.4) is 0 Å². The van der Waals surface area contributed by atoms with Crippen molar-refractivity contribution < 1.29 is 22.7 Å². The number of anilines is 1. The fourth-order valence-corrected chi connectivity index (χ4v) is 2.49. The second kappa shape index (κ2) is 8.56. The molecule has 0 aliphatic rings. The Bertz CT molecular complexity index is 816. The van der Waals surface area contributed by atoms with Gasteiger partial charge in [-0.1, -0.05) is 11.8 Å². The van der Waals surface area contributed by atoms with Crippen molar-refractivity contribution in [1.29, 1.82) is 0 Å². The summed E-state index contributed by atoms with van der Waals surface area (Å²) in [6, 6.07) is -0.0325. The van der Waals surface area contributed by atoms with Crippen molar-refractivity contribution in [3.05, 3.63) is 11.1 Å². The van der Waals surface area contributed by atoms with Crippen LogP contribution in [-0.4, -0.2) is 47.5 Å². The van der Waals surface area contributed by atoms with Gasteiger partial charge in [-0.2, -0.15) is 28.1 Å². The van der Waals surface area contributed by atoms with Crippen LogP contribution in [0.1, 0.15) is 19.7 Å². The van der Waals surface area contributed by atoms with E-state index in [9.17, 15) is 18.0 Å². The lowest BCUT2D eigenvalue weighted by Crippen LogP contribution is -2.32. The number of hydrogen-bond acceptors (Lipinski definition) is 9. The number of amides is 1. The van der Waals surface area contributed by atoms with E-state index in [-0.39, 0.29) is 34.3 Å². The number of alkyl halides is 3. The Labute approximate surface area is 160 Å². The maximum atomic E-state index is 12.7. The van der Waals surface area contributed by atoms with E-state index in [0.717, 1.165) is 23.4 Å².